The molecule has 4 nitrogen and oxygen atoms in total. The molecule has 0 radical (unpaired) electrons. The number of rotatable bonds is 4. The summed E-state index contributed by atoms with van der Waals surface area (Å²) in [4.78, 5) is 25.4. The lowest BCUT2D eigenvalue weighted by Crippen LogP contribution is -2.46. The first-order valence-electron chi connectivity index (χ1n) is 7.19. The number of amides is 2. The summed E-state index contributed by atoms with van der Waals surface area (Å²) in [5.74, 6) is -0.232. The van der Waals surface area contributed by atoms with Crippen LogP contribution in [0.4, 0.5) is 0 Å². The van der Waals surface area contributed by atoms with Crippen molar-refractivity contribution in [3.8, 4) is 0 Å². The number of hydrogen-bond acceptors (Lipinski definition) is 2. The van der Waals surface area contributed by atoms with Crippen LogP contribution in [0.2, 0.25) is 0 Å². The highest BCUT2D eigenvalue weighted by Gasteiger charge is 2.27. The minimum atomic E-state index is -0.329. The van der Waals surface area contributed by atoms with Gasteiger partial charge in [-0.3, -0.25) is 9.59 Å². The smallest absolute Gasteiger partial charge is 0.227 e. The normalized spacial score (nSPS) is 18.9. The number of likely N-dealkylation sites (tertiary alicyclic amines) is 1. The first-order chi connectivity index (χ1) is 9.56. The SMILES string of the molecule is Cc1ccc(CC(=O)N2CCCCC2CC(N)=O)cc1. The molecule has 2 N–H and O–H groups in total. The number of nitrogens with zero attached hydrogens (tertiary/aromatic N) is 1. The van der Waals surface area contributed by atoms with E-state index in [1.54, 1.807) is 0 Å². The zero-order valence-electron chi connectivity index (χ0n) is 12.0. The maximum atomic E-state index is 12.4. The Morgan fingerprint density at radius 3 is 2.60 bits per heavy atom. The van der Waals surface area contributed by atoms with Gasteiger partial charge in [0.1, 0.15) is 0 Å². The van der Waals surface area contributed by atoms with Crippen molar-refractivity contribution in [1.29, 1.82) is 0 Å². The molecule has 20 heavy (non-hydrogen) atoms. The number of carbonyl (C=O) groups is 2. The van der Waals surface area contributed by atoms with E-state index in [2.05, 4.69) is 0 Å². The molecule has 1 fully saturated rings. The zero-order valence-corrected chi connectivity index (χ0v) is 12.0. The largest absolute Gasteiger partial charge is 0.370 e. The van der Waals surface area contributed by atoms with Crippen LogP contribution in [0.3, 0.4) is 0 Å². The molecule has 1 unspecified atom stereocenters. The molecule has 0 spiro atoms. The Hall–Kier alpha value is -1.84. The van der Waals surface area contributed by atoms with E-state index >= 15 is 0 Å². The second kappa shape index (κ2) is 6.55. The molecular formula is C16H22N2O2. The Labute approximate surface area is 119 Å². The van der Waals surface area contributed by atoms with Crippen molar-refractivity contribution in [1.82, 2.24) is 4.90 Å². The fourth-order valence-electron chi connectivity index (χ4n) is 2.76. The first-order valence-corrected chi connectivity index (χ1v) is 7.19. The lowest BCUT2D eigenvalue weighted by Gasteiger charge is -2.35. The molecule has 1 atom stereocenters. The summed E-state index contributed by atoms with van der Waals surface area (Å²) < 4.78 is 0. The van der Waals surface area contributed by atoms with Crippen LogP contribution in [0.1, 0.15) is 36.8 Å². The van der Waals surface area contributed by atoms with Crippen molar-refractivity contribution in [2.75, 3.05) is 6.54 Å². The van der Waals surface area contributed by atoms with E-state index in [1.807, 2.05) is 36.1 Å². The maximum Gasteiger partial charge on any atom is 0.227 e. The summed E-state index contributed by atoms with van der Waals surface area (Å²) in [6.45, 7) is 2.77. The molecule has 1 aliphatic heterocycles. The van der Waals surface area contributed by atoms with Crippen molar-refractivity contribution >= 4 is 11.8 Å². The van der Waals surface area contributed by atoms with Crippen LogP contribution in [0.25, 0.3) is 0 Å². The average molecular weight is 274 g/mol. The summed E-state index contributed by atoms with van der Waals surface area (Å²) in [5, 5.41) is 0. The van der Waals surface area contributed by atoms with Crippen LogP contribution in [0, 0.1) is 6.92 Å². The zero-order chi connectivity index (χ0) is 14.5. The van der Waals surface area contributed by atoms with Crippen LogP contribution >= 0.6 is 0 Å². The Morgan fingerprint density at radius 2 is 1.95 bits per heavy atom. The minimum Gasteiger partial charge on any atom is -0.370 e. The summed E-state index contributed by atoms with van der Waals surface area (Å²) in [5.41, 5.74) is 7.48. The van der Waals surface area contributed by atoms with Gasteiger partial charge in [-0.15, -0.1) is 0 Å². The van der Waals surface area contributed by atoms with Gasteiger partial charge < -0.3 is 10.6 Å². The van der Waals surface area contributed by atoms with E-state index in [1.165, 1.54) is 5.56 Å². The standard InChI is InChI=1S/C16H22N2O2/c1-12-5-7-13(8-6-12)10-16(20)18-9-3-2-4-14(18)11-15(17)19/h5-8,14H,2-4,9-11H2,1H3,(H2,17,19). The van der Waals surface area contributed by atoms with Gasteiger partial charge >= 0.3 is 0 Å². The molecule has 2 rings (SSSR count). The predicted molar refractivity (Wildman–Crippen MR) is 78.0 cm³/mol. The third-order valence-electron chi connectivity index (χ3n) is 3.86. The molecule has 108 valence electrons. The number of hydrogen-bond donors (Lipinski definition) is 1. The van der Waals surface area contributed by atoms with Gasteiger partial charge in [0.15, 0.2) is 0 Å². The summed E-state index contributed by atoms with van der Waals surface area (Å²) in [7, 11) is 0. The van der Waals surface area contributed by atoms with Crippen LogP contribution in [-0.2, 0) is 16.0 Å². The second-order valence-corrected chi connectivity index (χ2v) is 5.57. The highest BCUT2D eigenvalue weighted by molar-refractivity contribution is 5.81. The summed E-state index contributed by atoms with van der Waals surface area (Å²) in [6, 6.07) is 7.99. The molecule has 4 heteroatoms. The number of carbonyl (C=O) groups excluding carboxylic acids is 2. The minimum absolute atomic E-state index is 0.0146. The fourth-order valence-corrected chi connectivity index (χ4v) is 2.76. The number of nitrogens with two attached hydrogens (primary N) is 1. The fraction of sp³-hybridized carbons (Fsp3) is 0.500. The highest BCUT2D eigenvalue weighted by Crippen LogP contribution is 2.20. The van der Waals surface area contributed by atoms with Gasteiger partial charge in [-0.05, 0) is 31.7 Å². The number of piperidine rings is 1. The maximum absolute atomic E-state index is 12.4. The Bertz CT molecular complexity index is 482. The van der Waals surface area contributed by atoms with Crippen molar-refractivity contribution in [2.45, 2.75) is 45.1 Å². The number of benzene rings is 1. The lowest BCUT2D eigenvalue weighted by molar-refractivity contribution is -0.135. The van der Waals surface area contributed by atoms with Gasteiger partial charge in [-0.1, -0.05) is 29.8 Å². The van der Waals surface area contributed by atoms with Gasteiger partial charge in [0.2, 0.25) is 11.8 Å². The Morgan fingerprint density at radius 1 is 1.25 bits per heavy atom. The van der Waals surface area contributed by atoms with E-state index in [4.69, 9.17) is 5.73 Å². The van der Waals surface area contributed by atoms with Crippen LogP contribution < -0.4 is 5.73 Å². The average Bonchev–Trinajstić information content (AvgIpc) is 2.41. The predicted octanol–water partition coefficient (Wildman–Crippen LogP) is 1.79. The van der Waals surface area contributed by atoms with E-state index in [-0.39, 0.29) is 24.3 Å². The van der Waals surface area contributed by atoms with Gasteiger partial charge in [-0.25, -0.2) is 0 Å². The molecule has 1 aliphatic rings. The number of primary amides is 1. The van der Waals surface area contributed by atoms with Gasteiger partial charge in [-0.2, -0.15) is 0 Å². The monoisotopic (exact) mass is 274 g/mol. The van der Waals surface area contributed by atoms with Crippen LogP contribution in [0.15, 0.2) is 24.3 Å². The molecule has 0 bridgehead atoms. The van der Waals surface area contributed by atoms with Gasteiger partial charge in [0.25, 0.3) is 0 Å². The summed E-state index contributed by atoms with van der Waals surface area (Å²) >= 11 is 0. The van der Waals surface area contributed by atoms with Crippen LogP contribution in [0.5, 0.6) is 0 Å². The molecule has 1 aromatic rings. The third kappa shape index (κ3) is 3.83. The molecule has 1 heterocycles. The molecule has 2 amide bonds. The Kier molecular flexibility index (Phi) is 4.77. The van der Waals surface area contributed by atoms with Crippen molar-refractivity contribution in [3.63, 3.8) is 0 Å². The van der Waals surface area contributed by atoms with E-state index in [0.29, 0.717) is 6.42 Å². The quantitative estimate of drug-likeness (QED) is 0.910. The first kappa shape index (κ1) is 14.6. The number of aryl methyl sites for hydroxylation is 1. The van der Waals surface area contributed by atoms with E-state index in [0.717, 1.165) is 31.4 Å². The summed E-state index contributed by atoms with van der Waals surface area (Å²) in [6.07, 6.45) is 3.62. The van der Waals surface area contributed by atoms with E-state index < -0.39 is 0 Å². The highest BCUT2D eigenvalue weighted by atomic mass is 16.2. The van der Waals surface area contributed by atoms with Crippen molar-refractivity contribution in [2.24, 2.45) is 5.73 Å². The van der Waals surface area contributed by atoms with E-state index in [9.17, 15) is 9.59 Å². The Balaban J connectivity index is 2.01. The lowest BCUT2D eigenvalue weighted by atomic mass is 9.98. The molecule has 0 aromatic heterocycles. The molecule has 1 aromatic carbocycles. The molecule has 1 saturated heterocycles. The molecule has 0 aliphatic carbocycles. The third-order valence-corrected chi connectivity index (χ3v) is 3.86. The molecular weight excluding hydrogens is 252 g/mol. The second-order valence-electron chi connectivity index (χ2n) is 5.57. The topological polar surface area (TPSA) is 63.4 Å². The van der Waals surface area contributed by atoms with Crippen molar-refractivity contribution < 1.29 is 9.59 Å². The van der Waals surface area contributed by atoms with Gasteiger partial charge in [0.05, 0.1) is 6.42 Å². The molecule has 0 saturated carbocycles. The van der Waals surface area contributed by atoms with Gasteiger partial charge in [0, 0.05) is 19.0 Å². The van der Waals surface area contributed by atoms with Crippen molar-refractivity contribution in [3.05, 3.63) is 35.4 Å². The van der Waals surface area contributed by atoms with Crippen LogP contribution in [-0.4, -0.2) is 29.3 Å².